The van der Waals surface area contributed by atoms with E-state index in [1.807, 2.05) is 11.8 Å². The lowest BCUT2D eigenvalue weighted by Gasteiger charge is -2.31. The van der Waals surface area contributed by atoms with Gasteiger partial charge >= 0.3 is 12.0 Å². The highest BCUT2D eigenvalue weighted by atomic mass is 32.2. The van der Waals surface area contributed by atoms with E-state index in [2.05, 4.69) is 16.9 Å². The zero-order valence-corrected chi connectivity index (χ0v) is 13.5. The van der Waals surface area contributed by atoms with Crippen LogP contribution in [0.2, 0.25) is 0 Å². The normalized spacial score (nSPS) is 28.0. The van der Waals surface area contributed by atoms with Crippen molar-refractivity contribution >= 4 is 23.8 Å². The smallest absolute Gasteiger partial charge is 0.315 e. The van der Waals surface area contributed by atoms with E-state index in [4.69, 9.17) is 0 Å². The predicted molar refractivity (Wildman–Crippen MR) is 84.6 cm³/mol. The highest BCUT2D eigenvalue weighted by Gasteiger charge is 2.35. The molecule has 0 aromatic rings. The molecule has 3 N–H and O–H groups in total. The van der Waals surface area contributed by atoms with Crippen LogP contribution in [0, 0.1) is 5.92 Å². The van der Waals surface area contributed by atoms with Gasteiger partial charge in [-0.2, -0.15) is 11.8 Å². The van der Waals surface area contributed by atoms with Gasteiger partial charge in [-0.05, 0) is 31.9 Å². The third-order valence-corrected chi connectivity index (χ3v) is 6.34. The van der Waals surface area contributed by atoms with Gasteiger partial charge in [-0.1, -0.05) is 25.7 Å². The number of hydrogen-bond donors (Lipinski definition) is 3. The number of aliphatic carboxylic acids is 1. The van der Waals surface area contributed by atoms with Crippen LogP contribution in [0.1, 0.15) is 51.4 Å². The van der Waals surface area contributed by atoms with Gasteiger partial charge in [-0.25, -0.2) is 4.79 Å². The zero-order chi connectivity index (χ0) is 15.3. The molecule has 2 saturated carbocycles. The van der Waals surface area contributed by atoms with E-state index in [0.29, 0.717) is 13.0 Å². The van der Waals surface area contributed by atoms with Crippen molar-refractivity contribution in [3.05, 3.63) is 0 Å². The average molecular weight is 314 g/mol. The molecule has 2 amide bonds. The molecule has 2 aliphatic carbocycles. The first-order valence-electron chi connectivity index (χ1n) is 7.89. The van der Waals surface area contributed by atoms with Gasteiger partial charge in [-0.3, -0.25) is 4.79 Å². The second-order valence-corrected chi connectivity index (χ2v) is 7.53. The lowest BCUT2D eigenvalue weighted by molar-refractivity contribution is -0.143. The van der Waals surface area contributed by atoms with Crippen LogP contribution < -0.4 is 10.6 Å². The molecule has 0 spiro atoms. The molecule has 0 aromatic carbocycles. The fourth-order valence-electron chi connectivity index (χ4n) is 3.53. The molecule has 2 unspecified atom stereocenters. The molecule has 2 rings (SSSR count). The van der Waals surface area contributed by atoms with Crippen LogP contribution in [0.25, 0.3) is 0 Å². The van der Waals surface area contributed by atoms with E-state index in [1.165, 1.54) is 12.8 Å². The summed E-state index contributed by atoms with van der Waals surface area (Å²) >= 11 is 1.84. The number of carbonyl (C=O) groups excluding carboxylic acids is 1. The minimum atomic E-state index is -0.795. The molecule has 5 nitrogen and oxygen atoms in total. The molecular formula is C15H26N2O3S. The summed E-state index contributed by atoms with van der Waals surface area (Å²) in [5.74, 6) is -1.23. The lowest BCUT2D eigenvalue weighted by atomic mass is 9.84. The number of hydrogen-bond acceptors (Lipinski definition) is 3. The quantitative estimate of drug-likeness (QED) is 0.729. The Labute approximate surface area is 130 Å². The summed E-state index contributed by atoms with van der Waals surface area (Å²) < 4.78 is 0.177. The highest BCUT2D eigenvalue weighted by Crippen LogP contribution is 2.39. The number of thioether (sulfide) groups is 1. The Hall–Kier alpha value is -0.910. The summed E-state index contributed by atoms with van der Waals surface area (Å²) in [5, 5.41) is 15.1. The van der Waals surface area contributed by atoms with Crippen LogP contribution in [0.15, 0.2) is 0 Å². The minimum absolute atomic E-state index is 0.177. The minimum Gasteiger partial charge on any atom is -0.481 e. The molecule has 2 atom stereocenters. The average Bonchev–Trinajstić information content (AvgIpc) is 2.95. The molecule has 0 heterocycles. The van der Waals surface area contributed by atoms with Gasteiger partial charge in [0.15, 0.2) is 0 Å². The second-order valence-electron chi connectivity index (χ2n) is 6.26. The Bertz CT molecular complexity index is 383. The predicted octanol–water partition coefficient (Wildman–Crippen LogP) is 2.60. The SMILES string of the molecule is CSC1(CNC(=O)NC2CCCCC2C(=O)O)CCCC1. The standard InChI is InChI=1S/C15H26N2O3S/c1-21-15(8-4-5-9-15)10-16-14(20)17-12-7-3-2-6-11(12)13(18)19/h11-12H,2-10H2,1H3,(H,18,19)(H2,16,17,20). The molecule has 2 fully saturated rings. The summed E-state index contributed by atoms with van der Waals surface area (Å²) in [6, 6.07) is -0.446. The van der Waals surface area contributed by atoms with Gasteiger partial charge in [0, 0.05) is 17.3 Å². The summed E-state index contributed by atoms with van der Waals surface area (Å²) in [4.78, 5) is 23.3. The van der Waals surface area contributed by atoms with Crippen molar-refractivity contribution in [3.63, 3.8) is 0 Å². The van der Waals surface area contributed by atoms with E-state index in [1.54, 1.807) is 0 Å². The number of rotatable bonds is 5. The monoisotopic (exact) mass is 314 g/mol. The van der Waals surface area contributed by atoms with Crippen LogP contribution in [-0.4, -0.2) is 40.7 Å². The third-order valence-electron chi connectivity index (χ3n) is 4.92. The van der Waals surface area contributed by atoms with Crippen molar-refractivity contribution < 1.29 is 14.7 Å². The molecule has 2 aliphatic rings. The molecule has 21 heavy (non-hydrogen) atoms. The van der Waals surface area contributed by atoms with E-state index in [0.717, 1.165) is 32.1 Å². The van der Waals surface area contributed by atoms with E-state index >= 15 is 0 Å². The molecule has 0 bridgehead atoms. The maximum absolute atomic E-state index is 12.1. The van der Waals surface area contributed by atoms with Gasteiger partial charge < -0.3 is 15.7 Å². The molecule has 0 radical (unpaired) electrons. The number of carboxylic acid groups (broad SMARTS) is 1. The van der Waals surface area contributed by atoms with Crippen molar-refractivity contribution in [1.29, 1.82) is 0 Å². The highest BCUT2D eigenvalue weighted by molar-refractivity contribution is 8.00. The van der Waals surface area contributed by atoms with Gasteiger partial charge in [0.05, 0.1) is 5.92 Å². The third kappa shape index (κ3) is 4.28. The van der Waals surface area contributed by atoms with Crippen molar-refractivity contribution in [2.24, 2.45) is 5.92 Å². The van der Waals surface area contributed by atoms with Gasteiger partial charge in [0.1, 0.15) is 0 Å². The van der Waals surface area contributed by atoms with Crippen molar-refractivity contribution in [2.45, 2.75) is 62.2 Å². The number of urea groups is 1. The largest absolute Gasteiger partial charge is 0.481 e. The van der Waals surface area contributed by atoms with Crippen LogP contribution >= 0.6 is 11.8 Å². The van der Waals surface area contributed by atoms with Crippen molar-refractivity contribution in [1.82, 2.24) is 10.6 Å². The number of amides is 2. The van der Waals surface area contributed by atoms with Crippen LogP contribution in [0.5, 0.6) is 0 Å². The lowest BCUT2D eigenvalue weighted by Crippen LogP contribution is -2.51. The van der Waals surface area contributed by atoms with Crippen molar-refractivity contribution in [3.8, 4) is 0 Å². The Balaban J connectivity index is 1.81. The van der Waals surface area contributed by atoms with Gasteiger partial charge in [0.2, 0.25) is 0 Å². The fourth-order valence-corrected chi connectivity index (χ4v) is 4.45. The zero-order valence-electron chi connectivity index (χ0n) is 12.7. The molecule has 120 valence electrons. The number of carboxylic acids is 1. The van der Waals surface area contributed by atoms with Crippen LogP contribution in [0.4, 0.5) is 4.79 Å². The summed E-state index contributed by atoms with van der Waals surface area (Å²) in [5.41, 5.74) is 0. The number of nitrogens with one attached hydrogen (secondary N) is 2. The summed E-state index contributed by atoms with van der Waals surface area (Å²) in [6.45, 7) is 0.671. The maximum atomic E-state index is 12.1. The first kappa shape index (κ1) is 16.5. The van der Waals surface area contributed by atoms with Crippen LogP contribution in [0.3, 0.4) is 0 Å². The first-order valence-corrected chi connectivity index (χ1v) is 9.11. The summed E-state index contributed by atoms with van der Waals surface area (Å²) in [6.07, 6.45) is 10.2. The van der Waals surface area contributed by atoms with Gasteiger partial charge in [0.25, 0.3) is 0 Å². The van der Waals surface area contributed by atoms with Gasteiger partial charge in [-0.15, -0.1) is 0 Å². The summed E-state index contributed by atoms with van der Waals surface area (Å²) in [7, 11) is 0. The Kier molecular flexibility index (Phi) is 5.79. The molecule has 0 aromatic heterocycles. The fraction of sp³-hybridized carbons (Fsp3) is 0.867. The Morgan fingerprint density at radius 2 is 1.86 bits per heavy atom. The molecule has 6 heteroatoms. The second kappa shape index (κ2) is 7.38. The molecule has 0 aliphatic heterocycles. The van der Waals surface area contributed by atoms with E-state index < -0.39 is 11.9 Å². The Morgan fingerprint density at radius 3 is 2.48 bits per heavy atom. The maximum Gasteiger partial charge on any atom is 0.315 e. The number of carbonyl (C=O) groups is 2. The topological polar surface area (TPSA) is 78.4 Å². The van der Waals surface area contributed by atoms with Crippen molar-refractivity contribution in [2.75, 3.05) is 12.8 Å². The Morgan fingerprint density at radius 1 is 1.19 bits per heavy atom. The molecular weight excluding hydrogens is 288 g/mol. The van der Waals surface area contributed by atoms with E-state index in [9.17, 15) is 14.7 Å². The van der Waals surface area contributed by atoms with Crippen LogP contribution in [-0.2, 0) is 4.79 Å². The first-order chi connectivity index (χ1) is 10.1. The molecule has 0 saturated heterocycles. The van der Waals surface area contributed by atoms with E-state index in [-0.39, 0.29) is 16.8 Å².